The van der Waals surface area contributed by atoms with Crippen molar-refractivity contribution in [2.24, 2.45) is 0 Å². The van der Waals surface area contributed by atoms with Crippen LogP contribution in [0.3, 0.4) is 0 Å². The molecule has 10 heteroatoms. The third-order valence-electron chi connectivity index (χ3n) is 5.13. The number of anilines is 2. The summed E-state index contributed by atoms with van der Waals surface area (Å²) in [7, 11) is 1.63. The lowest BCUT2D eigenvalue weighted by molar-refractivity contribution is -0.146. The predicted molar refractivity (Wildman–Crippen MR) is 98.5 cm³/mol. The number of alkyl halides is 3. The number of likely N-dealkylation sites (N-methyl/N-ethyl adjacent to an activating group) is 1. The standard InChI is InChI=1S/C18H23F3N6O/c1-5-11(6-2)27-12(7-3)15(28)25(4)13-10-23-17(24-14(13)27)26-9-8-22-16(26)18(19,20)21/h8-12H,5-7H2,1-4H3. The van der Waals surface area contributed by atoms with Gasteiger partial charge in [0.15, 0.2) is 5.82 Å². The molecule has 2 aromatic heterocycles. The molecule has 28 heavy (non-hydrogen) atoms. The maximum Gasteiger partial charge on any atom is 0.450 e. The van der Waals surface area contributed by atoms with Crippen molar-refractivity contribution in [3.63, 3.8) is 0 Å². The molecule has 1 unspecified atom stereocenters. The van der Waals surface area contributed by atoms with Gasteiger partial charge in [0.2, 0.25) is 17.7 Å². The lowest BCUT2D eigenvalue weighted by Gasteiger charge is -2.44. The van der Waals surface area contributed by atoms with E-state index < -0.39 is 18.0 Å². The molecule has 7 nitrogen and oxygen atoms in total. The van der Waals surface area contributed by atoms with E-state index in [0.717, 1.165) is 23.6 Å². The first kappa shape index (κ1) is 20.1. The summed E-state index contributed by atoms with van der Waals surface area (Å²) in [4.78, 5) is 28.2. The van der Waals surface area contributed by atoms with E-state index in [-0.39, 0.29) is 17.9 Å². The molecular formula is C18H23F3N6O. The van der Waals surface area contributed by atoms with Gasteiger partial charge in [0.05, 0.1) is 6.20 Å². The number of aromatic nitrogens is 4. The van der Waals surface area contributed by atoms with Crippen LogP contribution in [-0.2, 0) is 11.0 Å². The topological polar surface area (TPSA) is 67.2 Å². The number of nitrogens with zero attached hydrogens (tertiary/aromatic N) is 6. The largest absolute Gasteiger partial charge is 0.450 e. The average molecular weight is 396 g/mol. The van der Waals surface area contributed by atoms with E-state index in [1.807, 2.05) is 25.7 Å². The van der Waals surface area contributed by atoms with Crippen LogP contribution < -0.4 is 9.80 Å². The number of fused-ring (bicyclic) bond motifs is 1. The van der Waals surface area contributed by atoms with Crippen LogP contribution in [0.25, 0.3) is 5.95 Å². The highest BCUT2D eigenvalue weighted by Gasteiger charge is 2.41. The summed E-state index contributed by atoms with van der Waals surface area (Å²) >= 11 is 0. The second-order valence-corrected chi connectivity index (χ2v) is 6.70. The highest BCUT2D eigenvalue weighted by Crippen LogP contribution is 2.38. The molecule has 1 amide bonds. The highest BCUT2D eigenvalue weighted by molar-refractivity contribution is 6.04. The first-order valence-corrected chi connectivity index (χ1v) is 9.28. The third kappa shape index (κ3) is 3.20. The van der Waals surface area contributed by atoms with Crippen molar-refractivity contribution in [3.05, 3.63) is 24.4 Å². The Kier molecular flexibility index (Phi) is 5.31. The Balaban J connectivity index is 2.19. The molecule has 152 valence electrons. The van der Waals surface area contributed by atoms with Crippen LogP contribution in [0.1, 0.15) is 45.9 Å². The molecule has 0 aromatic carbocycles. The molecule has 1 aliphatic heterocycles. The second kappa shape index (κ2) is 7.40. The quantitative estimate of drug-likeness (QED) is 0.775. The van der Waals surface area contributed by atoms with Gasteiger partial charge in [0.25, 0.3) is 0 Å². The fourth-order valence-electron chi connectivity index (χ4n) is 3.66. The van der Waals surface area contributed by atoms with Gasteiger partial charge in [-0.05, 0) is 19.3 Å². The van der Waals surface area contributed by atoms with E-state index in [1.165, 1.54) is 17.3 Å². The fraction of sp³-hybridized carbons (Fsp3) is 0.556. The minimum Gasteiger partial charge on any atom is -0.340 e. The molecule has 3 heterocycles. The maximum absolute atomic E-state index is 13.2. The maximum atomic E-state index is 13.2. The summed E-state index contributed by atoms with van der Waals surface area (Å²) in [5, 5.41) is 0. The Morgan fingerprint density at radius 2 is 1.86 bits per heavy atom. The van der Waals surface area contributed by atoms with Gasteiger partial charge >= 0.3 is 6.18 Å². The third-order valence-corrected chi connectivity index (χ3v) is 5.13. The molecule has 1 aliphatic rings. The van der Waals surface area contributed by atoms with Gasteiger partial charge in [-0.1, -0.05) is 20.8 Å². The Morgan fingerprint density at radius 3 is 2.43 bits per heavy atom. The van der Waals surface area contributed by atoms with Crippen LogP contribution in [0.15, 0.2) is 18.6 Å². The number of amides is 1. The first-order chi connectivity index (χ1) is 13.2. The molecule has 0 aliphatic carbocycles. The Bertz CT molecular complexity index is 861. The molecule has 2 aromatic rings. The monoisotopic (exact) mass is 396 g/mol. The Labute approximate surface area is 161 Å². The van der Waals surface area contributed by atoms with E-state index in [4.69, 9.17) is 0 Å². The first-order valence-electron chi connectivity index (χ1n) is 9.28. The molecule has 0 saturated heterocycles. The van der Waals surface area contributed by atoms with Crippen molar-refractivity contribution in [2.75, 3.05) is 16.8 Å². The molecular weight excluding hydrogens is 373 g/mol. The number of carbonyl (C=O) groups excluding carboxylic acids is 1. The molecule has 0 bridgehead atoms. The number of rotatable bonds is 5. The summed E-state index contributed by atoms with van der Waals surface area (Å²) < 4.78 is 40.6. The molecule has 1 atom stereocenters. The lowest BCUT2D eigenvalue weighted by Crippen LogP contribution is -2.56. The van der Waals surface area contributed by atoms with E-state index in [2.05, 4.69) is 15.0 Å². The van der Waals surface area contributed by atoms with Crippen molar-refractivity contribution < 1.29 is 18.0 Å². The minimum atomic E-state index is -4.63. The number of carbonyl (C=O) groups is 1. The summed E-state index contributed by atoms with van der Waals surface area (Å²) in [6.45, 7) is 5.95. The molecule has 0 fully saturated rings. The van der Waals surface area contributed by atoms with Gasteiger partial charge in [-0.3, -0.25) is 9.36 Å². The lowest BCUT2D eigenvalue weighted by atomic mass is 10.0. The van der Waals surface area contributed by atoms with Crippen LogP contribution in [-0.4, -0.2) is 44.6 Å². The average Bonchev–Trinajstić information content (AvgIpc) is 3.16. The SMILES string of the molecule is CCC(CC)N1c2nc(-n3ccnc3C(F)(F)F)ncc2N(C)C(=O)C1CC. The smallest absolute Gasteiger partial charge is 0.340 e. The van der Waals surface area contributed by atoms with Gasteiger partial charge < -0.3 is 9.80 Å². The zero-order valence-corrected chi connectivity index (χ0v) is 16.2. The Hall–Kier alpha value is -2.65. The molecule has 0 radical (unpaired) electrons. The summed E-state index contributed by atoms with van der Waals surface area (Å²) in [5.74, 6) is -0.822. The number of imidazole rings is 1. The van der Waals surface area contributed by atoms with Crippen molar-refractivity contribution in [2.45, 2.75) is 58.3 Å². The molecule has 0 saturated carbocycles. The van der Waals surface area contributed by atoms with Gasteiger partial charge in [-0.25, -0.2) is 9.97 Å². The normalized spacial score (nSPS) is 17.4. The zero-order chi connectivity index (χ0) is 20.6. The van der Waals surface area contributed by atoms with Crippen molar-refractivity contribution in [3.8, 4) is 5.95 Å². The second-order valence-electron chi connectivity index (χ2n) is 6.70. The summed E-state index contributed by atoms with van der Waals surface area (Å²) in [5.41, 5.74) is 0.485. The van der Waals surface area contributed by atoms with Crippen LogP contribution >= 0.6 is 0 Å². The van der Waals surface area contributed by atoms with E-state index in [9.17, 15) is 18.0 Å². The molecule has 0 N–H and O–H groups in total. The minimum absolute atomic E-state index is 0.0361. The molecule has 3 rings (SSSR count). The van der Waals surface area contributed by atoms with Crippen molar-refractivity contribution in [1.29, 1.82) is 0 Å². The van der Waals surface area contributed by atoms with E-state index in [0.29, 0.717) is 17.9 Å². The van der Waals surface area contributed by atoms with Gasteiger partial charge in [0, 0.05) is 25.5 Å². The van der Waals surface area contributed by atoms with Crippen molar-refractivity contribution >= 4 is 17.4 Å². The van der Waals surface area contributed by atoms with Crippen molar-refractivity contribution in [1.82, 2.24) is 19.5 Å². The highest BCUT2D eigenvalue weighted by atomic mass is 19.4. The van der Waals surface area contributed by atoms with Crippen LogP contribution in [0.2, 0.25) is 0 Å². The summed E-state index contributed by atoms with van der Waals surface area (Å²) in [6, 6.07) is -0.385. The molecule has 0 spiro atoms. The van der Waals surface area contributed by atoms with Crippen LogP contribution in [0, 0.1) is 0 Å². The van der Waals surface area contributed by atoms with Crippen LogP contribution in [0.4, 0.5) is 24.7 Å². The van der Waals surface area contributed by atoms with Gasteiger partial charge in [0.1, 0.15) is 11.7 Å². The van der Waals surface area contributed by atoms with E-state index in [1.54, 1.807) is 7.05 Å². The van der Waals surface area contributed by atoms with Gasteiger partial charge in [-0.15, -0.1) is 0 Å². The Morgan fingerprint density at radius 1 is 1.18 bits per heavy atom. The van der Waals surface area contributed by atoms with E-state index >= 15 is 0 Å². The number of halogens is 3. The van der Waals surface area contributed by atoms with Gasteiger partial charge in [-0.2, -0.15) is 18.2 Å². The van der Waals surface area contributed by atoms with Crippen LogP contribution in [0.5, 0.6) is 0 Å². The zero-order valence-electron chi connectivity index (χ0n) is 16.2. The number of hydrogen-bond donors (Lipinski definition) is 0. The fourth-order valence-corrected chi connectivity index (χ4v) is 3.66. The predicted octanol–water partition coefficient (Wildman–Crippen LogP) is 3.43. The summed E-state index contributed by atoms with van der Waals surface area (Å²) in [6.07, 6.45) is 1.14. The number of hydrogen-bond acceptors (Lipinski definition) is 5.